The number of piperidine rings is 1. The van der Waals surface area contributed by atoms with Crippen LogP contribution in [0.1, 0.15) is 71.1 Å². The molecule has 2 atom stereocenters. The highest BCUT2D eigenvalue weighted by Crippen LogP contribution is 2.34. The lowest BCUT2D eigenvalue weighted by Crippen LogP contribution is -2.50. The van der Waals surface area contributed by atoms with Crippen LogP contribution in [0.5, 0.6) is 0 Å². The van der Waals surface area contributed by atoms with Crippen LogP contribution < -0.4 is 0 Å². The van der Waals surface area contributed by atoms with E-state index in [1.54, 1.807) is 9.36 Å². The molecule has 2 unspecified atom stereocenters. The average Bonchev–Trinajstić information content (AvgIpc) is 3.72. The quantitative estimate of drug-likeness (QED) is 0.0801. The van der Waals surface area contributed by atoms with E-state index in [-0.39, 0.29) is 10.5 Å². The molecule has 2 aromatic carbocycles. The zero-order valence-electron chi connectivity index (χ0n) is 25.4. The SMILES string of the molecule is CCCCCCCCCCCCN1CC(Sc2nnnn2-c2ccccc2)C(=NO)C(Sc2nnnn2-c2ccccc2)C1. The maximum Gasteiger partial charge on any atom is 0.214 e. The van der Waals surface area contributed by atoms with Crippen molar-refractivity contribution in [2.45, 2.75) is 91.9 Å². The van der Waals surface area contributed by atoms with Gasteiger partial charge in [-0.05, 0) is 58.1 Å². The molecule has 0 spiro atoms. The third-order valence-electron chi connectivity index (χ3n) is 7.83. The van der Waals surface area contributed by atoms with Crippen molar-refractivity contribution in [2.75, 3.05) is 19.6 Å². The number of aromatic nitrogens is 8. The van der Waals surface area contributed by atoms with Crippen LogP contribution in [0.15, 0.2) is 76.1 Å². The fourth-order valence-electron chi connectivity index (χ4n) is 5.49. The predicted octanol–water partition coefficient (Wildman–Crippen LogP) is 6.33. The summed E-state index contributed by atoms with van der Waals surface area (Å²) in [6.45, 7) is 4.73. The van der Waals surface area contributed by atoms with Crippen molar-refractivity contribution in [1.82, 2.24) is 45.3 Å². The zero-order valence-corrected chi connectivity index (χ0v) is 27.0. The highest BCUT2D eigenvalue weighted by atomic mass is 32.2. The Morgan fingerprint density at radius 2 is 1.14 bits per heavy atom. The molecule has 5 rings (SSSR count). The summed E-state index contributed by atoms with van der Waals surface area (Å²) in [6, 6.07) is 19.7. The molecule has 234 valence electrons. The van der Waals surface area contributed by atoms with Gasteiger partial charge in [0.25, 0.3) is 0 Å². The van der Waals surface area contributed by atoms with Gasteiger partial charge in [-0.25, -0.2) is 0 Å². The molecule has 4 aromatic rings. The van der Waals surface area contributed by atoms with Gasteiger partial charge in [-0.2, -0.15) is 9.36 Å². The van der Waals surface area contributed by atoms with Crippen LogP contribution in [0.3, 0.4) is 0 Å². The van der Waals surface area contributed by atoms with E-state index in [1.165, 1.54) is 81.3 Å². The lowest BCUT2D eigenvalue weighted by atomic mass is 10.1. The van der Waals surface area contributed by atoms with Crippen LogP contribution in [0.2, 0.25) is 0 Å². The molecule has 44 heavy (non-hydrogen) atoms. The van der Waals surface area contributed by atoms with Gasteiger partial charge >= 0.3 is 0 Å². The van der Waals surface area contributed by atoms with Crippen LogP contribution in [0.25, 0.3) is 11.4 Å². The smallest absolute Gasteiger partial charge is 0.214 e. The third kappa shape index (κ3) is 8.89. The number of unbranched alkanes of at least 4 members (excludes halogenated alkanes) is 9. The van der Waals surface area contributed by atoms with Crippen LogP contribution in [-0.4, -0.2) is 86.4 Å². The van der Waals surface area contributed by atoms with E-state index >= 15 is 0 Å². The Bertz CT molecular complexity index is 1320. The van der Waals surface area contributed by atoms with Gasteiger partial charge in [-0.3, -0.25) is 0 Å². The van der Waals surface area contributed by atoms with Gasteiger partial charge in [0.1, 0.15) is 0 Å². The number of hydrogen-bond donors (Lipinski definition) is 1. The largest absolute Gasteiger partial charge is 0.411 e. The lowest BCUT2D eigenvalue weighted by Gasteiger charge is -2.37. The highest BCUT2D eigenvalue weighted by molar-refractivity contribution is 8.02. The summed E-state index contributed by atoms with van der Waals surface area (Å²) in [6.07, 6.45) is 13.1. The summed E-state index contributed by atoms with van der Waals surface area (Å²) in [5, 5.41) is 40.2. The van der Waals surface area contributed by atoms with Gasteiger partial charge in [0.15, 0.2) is 0 Å². The topological polar surface area (TPSA) is 123 Å². The summed E-state index contributed by atoms with van der Waals surface area (Å²) in [5.41, 5.74) is 2.45. The maximum atomic E-state index is 10.3. The molecule has 0 saturated carbocycles. The van der Waals surface area contributed by atoms with Gasteiger partial charge in [0, 0.05) is 13.1 Å². The molecule has 1 fully saturated rings. The Hall–Kier alpha value is -3.29. The summed E-state index contributed by atoms with van der Waals surface area (Å²) < 4.78 is 3.47. The first kappa shape index (κ1) is 32.1. The monoisotopic (exact) mass is 634 g/mol. The van der Waals surface area contributed by atoms with E-state index in [0.717, 1.165) is 37.4 Å². The minimum absolute atomic E-state index is 0.149. The minimum Gasteiger partial charge on any atom is -0.411 e. The minimum atomic E-state index is -0.149. The van der Waals surface area contributed by atoms with Crippen molar-refractivity contribution < 1.29 is 5.21 Å². The molecule has 3 heterocycles. The van der Waals surface area contributed by atoms with Crippen LogP contribution in [-0.2, 0) is 0 Å². The molecule has 1 saturated heterocycles. The number of hydrogen-bond acceptors (Lipinski definition) is 11. The zero-order chi connectivity index (χ0) is 30.4. The Labute approximate surface area is 267 Å². The summed E-state index contributed by atoms with van der Waals surface area (Å²) in [4.78, 5) is 2.47. The molecule has 11 nitrogen and oxygen atoms in total. The first-order valence-corrected chi connectivity index (χ1v) is 17.5. The molecule has 1 aliphatic rings. The molecule has 0 amide bonds. The van der Waals surface area contributed by atoms with Gasteiger partial charge < -0.3 is 10.1 Å². The molecule has 13 heteroatoms. The highest BCUT2D eigenvalue weighted by Gasteiger charge is 2.37. The van der Waals surface area contributed by atoms with Crippen molar-refractivity contribution in [1.29, 1.82) is 0 Å². The number of rotatable bonds is 17. The molecule has 0 aliphatic carbocycles. The van der Waals surface area contributed by atoms with Crippen molar-refractivity contribution in [2.24, 2.45) is 5.16 Å². The van der Waals surface area contributed by atoms with Crippen molar-refractivity contribution in [3.05, 3.63) is 60.7 Å². The molecular formula is C31H42N10OS2. The van der Waals surface area contributed by atoms with Gasteiger partial charge in [0.05, 0.1) is 27.6 Å². The Morgan fingerprint density at radius 3 is 1.59 bits per heavy atom. The standard InChI is InChI=1S/C31H42N10OS2/c1-2-3-4-5-6-7-8-9-10-17-22-39-23-27(43-30-32-35-37-40(30)25-18-13-11-14-19-25)29(34-42)28(24-39)44-31-33-36-38-41(31)26-20-15-12-16-21-26/h11-16,18-21,27-28,42H,2-10,17,22-24H2,1H3. The van der Waals surface area contributed by atoms with E-state index in [9.17, 15) is 5.21 Å². The summed E-state index contributed by atoms with van der Waals surface area (Å²) in [7, 11) is 0. The fraction of sp³-hybridized carbons (Fsp3) is 0.516. The summed E-state index contributed by atoms with van der Waals surface area (Å²) >= 11 is 3.05. The van der Waals surface area contributed by atoms with Crippen molar-refractivity contribution in [3.8, 4) is 11.4 Å². The van der Waals surface area contributed by atoms with Crippen LogP contribution in [0.4, 0.5) is 0 Å². The van der Waals surface area contributed by atoms with E-state index < -0.39 is 0 Å². The number of tetrazole rings is 2. The number of nitrogens with zero attached hydrogens (tertiary/aromatic N) is 10. The van der Waals surface area contributed by atoms with Crippen LogP contribution >= 0.6 is 23.5 Å². The number of likely N-dealkylation sites (tertiary alicyclic amines) is 1. The second-order valence-electron chi connectivity index (χ2n) is 11.1. The van der Waals surface area contributed by atoms with Gasteiger partial charge in [0.2, 0.25) is 10.3 Å². The fourth-order valence-corrected chi connectivity index (χ4v) is 7.97. The summed E-state index contributed by atoms with van der Waals surface area (Å²) in [5.74, 6) is 0. The normalized spacial score (nSPS) is 17.2. The second-order valence-corrected chi connectivity index (χ2v) is 13.4. The molecule has 0 radical (unpaired) electrons. The number of benzene rings is 2. The van der Waals surface area contributed by atoms with E-state index in [4.69, 9.17) is 0 Å². The first-order chi connectivity index (χ1) is 21.8. The first-order valence-electron chi connectivity index (χ1n) is 15.7. The van der Waals surface area contributed by atoms with E-state index in [2.05, 4.69) is 48.0 Å². The van der Waals surface area contributed by atoms with Gasteiger partial charge in [-0.1, -0.05) is 130 Å². The molecular weight excluding hydrogens is 593 g/mol. The molecule has 0 bridgehead atoms. The van der Waals surface area contributed by atoms with E-state index in [1.807, 2.05) is 60.7 Å². The van der Waals surface area contributed by atoms with Gasteiger partial charge in [-0.15, -0.1) is 10.2 Å². The van der Waals surface area contributed by atoms with Crippen molar-refractivity contribution in [3.63, 3.8) is 0 Å². The Balaban J connectivity index is 1.26. The molecule has 1 aliphatic heterocycles. The second kappa shape index (κ2) is 17.3. The number of oxime groups is 1. The molecule has 2 aromatic heterocycles. The maximum absolute atomic E-state index is 10.3. The Kier molecular flexibility index (Phi) is 12.6. The predicted molar refractivity (Wildman–Crippen MR) is 175 cm³/mol. The van der Waals surface area contributed by atoms with Crippen molar-refractivity contribution >= 4 is 29.2 Å². The lowest BCUT2D eigenvalue weighted by molar-refractivity contribution is 0.263. The Morgan fingerprint density at radius 1 is 0.682 bits per heavy atom. The van der Waals surface area contributed by atoms with E-state index in [0.29, 0.717) is 16.0 Å². The third-order valence-corrected chi connectivity index (χ3v) is 10.1. The number of thioether (sulfide) groups is 2. The number of para-hydroxylation sites is 2. The molecule has 1 N–H and O–H groups in total. The average molecular weight is 635 g/mol. The van der Waals surface area contributed by atoms with Crippen LogP contribution in [0, 0.1) is 0 Å².